The average Bonchev–Trinajstić information content (AvgIpc) is 2.80. The fourth-order valence-corrected chi connectivity index (χ4v) is 6.57. The summed E-state index contributed by atoms with van der Waals surface area (Å²) in [6.07, 6.45) is 1.97. The van der Waals surface area contributed by atoms with Gasteiger partial charge in [-0.3, -0.25) is 14.4 Å². The Labute approximate surface area is 218 Å². The van der Waals surface area contributed by atoms with Crippen molar-refractivity contribution in [3.05, 3.63) is 64.5 Å². The maximum absolute atomic E-state index is 14.0. The molecule has 6 heteroatoms. The number of methoxy groups -OCH3 is 1. The predicted molar refractivity (Wildman–Crippen MR) is 142 cm³/mol. The summed E-state index contributed by atoms with van der Waals surface area (Å²) in [6.45, 7) is 8.56. The Balaban J connectivity index is 1.86. The number of carbonyl (C=O) groups is 3. The van der Waals surface area contributed by atoms with Gasteiger partial charge in [-0.1, -0.05) is 58.0 Å². The number of benzene rings is 2. The maximum Gasteiger partial charge on any atom is 0.305 e. The Morgan fingerprint density at radius 2 is 1.49 bits per heavy atom. The van der Waals surface area contributed by atoms with E-state index >= 15 is 0 Å². The lowest BCUT2D eigenvalue weighted by Crippen LogP contribution is -2.45. The number of hydrogen-bond donors (Lipinski definition) is 1. The third-order valence-corrected chi connectivity index (χ3v) is 8.01. The van der Waals surface area contributed by atoms with Gasteiger partial charge in [-0.2, -0.15) is 0 Å². The van der Waals surface area contributed by atoms with Crippen molar-refractivity contribution in [2.24, 2.45) is 10.8 Å². The maximum atomic E-state index is 14.0. The number of fused-ring (bicyclic) bond motifs is 1. The molecule has 0 atom stereocenters. The van der Waals surface area contributed by atoms with Crippen LogP contribution in [0.25, 0.3) is 10.8 Å². The molecule has 1 aliphatic heterocycles. The van der Waals surface area contributed by atoms with Crippen molar-refractivity contribution < 1.29 is 24.2 Å². The molecule has 0 aromatic heterocycles. The first-order chi connectivity index (χ1) is 17.4. The van der Waals surface area contributed by atoms with Gasteiger partial charge in [0.15, 0.2) is 11.6 Å². The third kappa shape index (κ3) is 4.36. The second-order valence-electron chi connectivity index (χ2n) is 12.2. The molecule has 37 heavy (non-hydrogen) atoms. The van der Waals surface area contributed by atoms with Gasteiger partial charge in [-0.05, 0) is 40.5 Å². The van der Waals surface area contributed by atoms with E-state index in [1.165, 1.54) is 0 Å². The molecule has 0 radical (unpaired) electrons. The topological polar surface area (TPSA) is 83.9 Å². The van der Waals surface area contributed by atoms with Gasteiger partial charge in [0.25, 0.3) is 0 Å². The first-order valence-corrected chi connectivity index (χ1v) is 13.0. The van der Waals surface area contributed by atoms with E-state index in [1.807, 2.05) is 41.3 Å². The summed E-state index contributed by atoms with van der Waals surface area (Å²) in [5, 5.41) is 11.5. The molecule has 0 spiro atoms. The molecule has 0 saturated heterocycles. The molecule has 0 bridgehead atoms. The highest BCUT2D eigenvalue weighted by Gasteiger charge is 2.49. The van der Waals surface area contributed by atoms with Crippen LogP contribution in [-0.4, -0.2) is 41.2 Å². The lowest BCUT2D eigenvalue weighted by atomic mass is 9.63. The Hall–Kier alpha value is -3.41. The average molecular weight is 502 g/mol. The smallest absolute Gasteiger partial charge is 0.305 e. The van der Waals surface area contributed by atoms with E-state index in [1.54, 1.807) is 7.11 Å². The molecule has 1 N–H and O–H groups in total. The molecule has 5 rings (SSSR count). The molecular formula is C31H35NO5. The Morgan fingerprint density at radius 3 is 2.03 bits per heavy atom. The minimum absolute atomic E-state index is 0.0238. The number of rotatable bonds is 5. The normalized spacial score (nSPS) is 21.3. The van der Waals surface area contributed by atoms with Crippen LogP contribution in [0.5, 0.6) is 5.75 Å². The van der Waals surface area contributed by atoms with E-state index in [0.717, 1.165) is 27.7 Å². The van der Waals surface area contributed by atoms with Crippen LogP contribution >= 0.6 is 0 Å². The van der Waals surface area contributed by atoms with Gasteiger partial charge in [-0.15, -0.1) is 0 Å². The van der Waals surface area contributed by atoms with E-state index in [2.05, 4.69) is 27.7 Å². The monoisotopic (exact) mass is 501 g/mol. The van der Waals surface area contributed by atoms with Crippen LogP contribution in [0.3, 0.4) is 0 Å². The molecule has 1 heterocycles. The second kappa shape index (κ2) is 8.86. The van der Waals surface area contributed by atoms with Crippen LogP contribution < -0.4 is 4.74 Å². The first kappa shape index (κ1) is 25.2. The lowest BCUT2D eigenvalue weighted by molar-refractivity contribution is -0.137. The van der Waals surface area contributed by atoms with Crippen molar-refractivity contribution in [2.75, 3.05) is 13.7 Å². The van der Waals surface area contributed by atoms with Crippen molar-refractivity contribution in [3.63, 3.8) is 0 Å². The molecule has 2 aromatic carbocycles. The molecule has 194 valence electrons. The number of Topliss-reactive ketones (excluding diaryl/α,β-unsaturated/α-hetero) is 2. The fraction of sp³-hybridized carbons (Fsp3) is 0.452. The van der Waals surface area contributed by atoms with Gasteiger partial charge in [0.05, 0.1) is 13.5 Å². The van der Waals surface area contributed by atoms with Gasteiger partial charge in [-0.25, -0.2) is 0 Å². The third-order valence-electron chi connectivity index (χ3n) is 8.01. The fourth-order valence-electron chi connectivity index (χ4n) is 6.57. The Kier molecular flexibility index (Phi) is 6.05. The number of ether oxygens (including phenoxy) is 1. The highest BCUT2D eigenvalue weighted by atomic mass is 16.5. The summed E-state index contributed by atoms with van der Waals surface area (Å²) in [7, 11) is 1.62. The molecule has 2 aromatic rings. The van der Waals surface area contributed by atoms with Crippen LogP contribution in [0.2, 0.25) is 0 Å². The van der Waals surface area contributed by atoms with E-state index in [-0.39, 0.29) is 35.4 Å². The zero-order valence-electron chi connectivity index (χ0n) is 22.3. The quantitative estimate of drug-likeness (QED) is 0.540. The summed E-state index contributed by atoms with van der Waals surface area (Å²) in [4.78, 5) is 41.6. The highest BCUT2D eigenvalue weighted by Crippen LogP contribution is 2.56. The van der Waals surface area contributed by atoms with Crippen molar-refractivity contribution in [1.82, 2.24) is 4.90 Å². The zero-order chi connectivity index (χ0) is 26.7. The van der Waals surface area contributed by atoms with Crippen molar-refractivity contribution in [3.8, 4) is 5.75 Å². The van der Waals surface area contributed by atoms with Gasteiger partial charge < -0.3 is 14.7 Å². The molecule has 3 aliphatic rings. The SMILES string of the molecule is COc1ccc2ccccc2c1C1C2=C(CC(C)(C)CC2=O)N(CCC(=O)O)C2=C1C(=O)CC(C)(C)C2. The van der Waals surface area contributed by atoms with E-state index < -0.39 is 11.9 Å². The van der Waals surface area contributed by atoms with E-state index in [9.17, 15) is 19.5 Å². The van der Waals surface area contributed by atoms with Gasteiger partial charge >= 0.3 is 5.97 Å². The van der Waals surface area contributed by atoms with Crippen LogP contribution in [0.15, 0.2) is 58.9 Å². The van der Waals surface area contributed by atoms with Gasteiger partial charge in [0.1, 0.15) is 5.75 Å². The van der Waals surface area contributed by atoms with Crippen molar-refractivity contribution in [1.29, 1.82) is 0 Å². The molecule has 6 nitrogen and oxygen atoms in total. The summed E-state index contributed by atoms with van der Waals surface area (Å²) in [5.74, 6) is -0.743. The lowest BCUT2D eigenvalue weighted by Gasteiger charge is -2.49. The van der Waals surface area contributed by atoms with Crippen LogP contribution in [-0.2, 0) is 14.4 Å². The number of carboxylic acid groups (broad SMARTS) is 1. The predicted octanol–water partition coefficient (Wildman–Crippen LogP) is 6.01. The number of ketones is 2. The van der Waals surface area contributed by atoms with E-state index in [4.69, 9.17) is 4.74 Å². The van der Waals surface area contributed by atoms with Crippen molar-refractivity contribution in [2.45, 2.75) is 65.7 Å². The summed E-state index contributed by atoms with van der Waals surface area (Å²) in [5.41, 5.74) is 3.31. The number of carbonyl (C=O) groups excluding carboxylic acids is 2. The molecule has 0 fully saturated rings. The highest BCUT2D eigenvalue weighted by molar-refractivity contribution is 6.08. The molecule has 0 saturated carbocycles. The molecule has 0 amide bonds. The first-order valence-electron chi connectivity index (χ1n) is 13.0. The second-order valence-corrected chi connectivity index (χ2v) is 12.2. The van der Waals surface area contributed by atoms with E-state index in [0.29, 0.717) is 42.6 Å². The summed E-state index contributed by atoms with van der Waals surface area (Å²) >= 11 is 0. The van der Waals surface area contributed by atoms with Crippen molar-refractivity contribution >= 4 is 28.3 Å². The Morgan fingerprint density at radius 1 is 0.919 bits per heavy atom. The van der Waals surface area contributed by atoms with Gasteiger partial charge in [0.2, 0.25) is 0 Å². The Bertz CT molecular complexity index is 1340. The molecular weight excluding hydrogens is 466 g/mol. The molecule has 0 unspecified atom stereocenters. The number of carboxylic acids is 1. The standard InChI is InChI=1S/C31H35NO5/c1-30(2)14-20-27(22(33)16-30)29(26-19-9-7-6-8-18(19)10-11-24(26)37-5)28-21(32(20)13-12-25(35)36)15-31(3,4)17-23(28)34/h6-11,29H,12-17H2,1-5H3,(H,35,36). The number of aliphatic carboxylic acids is 1. The number of nitrogens with zero attached hydrogens (tertiary/aromatic N) is 1. The zero-order valence-corrected chi connectivity index (χ0v) is 22.3. The van der Waals surface area contributed by atoms with Crippen LogP contribution in [0, 0.1) is 10.8 Å². The summed E-state index contributed by atoms with van der Waals surface area (Å²) in [6, 6.07) is 11.9. The minimum Gasteiger partial charge on any atom is -0.496 e. The number of allylic oxidation sites excluding steroid dienone is 4. The van der Waals surface area contributed by atoms with Crippen LogP contribution in [0.1, 0.15) is 71.3 Å². The summed E-state index contributed by atoms with van der Waals surface area (Å²) < 4.78 is 5.87. The molecule has 2 aliphatic carbocycles. The number of hydrogen-bond acceptors (Lipinski definition) is 5. The van der Waals surface area contributed by atoms with Gasteiger partial charge in [0, 0.05) is 53.4 Å². The largest absolute Gasteiger partial charge is 0.496 e. The van der Waals surface area contributed by atoms with Crippen LogP contribution in [0.4, 0.5) is 0 Å². The minimum atomic E-state index is -0.898.